The lowest BCUT2D eigenvalue weighted by Crippen LogP contribution is -2.41. The molecule has 0 aliphatic heterocycles. The van der Waals surface area contributed by atoms with E-state index in [1.165, 1.54) is 0 Å². The summed E-state index contributed by atoms with van der Waals surface area (Å²) in [4.78, 5) is 28.8. The minimum Gasteiger partial charge on any atom is -0.480 e. The third-order valence-electron chi connectivity index (χ3n) is 5.09. The van der Waals surface area contributed by atoms with Crippen LogP contribution < -0.4 is 5.32 Å². The Bertz CT molecular complexity index is 1110. The molecule has 164 valence electrons. The van der Waals surface area contributed by atoms with Crippen molar-refractivity contribution in [1.82, 2.24) is 10.3 Å². The number of pyridine rings is 1. The molecule has 0 saturated heterocycles. The zero-order valence-corrected chi connectivity index (χ0v) is 18.9. The van der Waals surface area contributed by atoms with Gasteiger partial charge < -0.3 is 10.4 Å². The summed E-state index contributed by atoms with van der Waals surface area (Å²) in [6, 6.07) is 16.3. The van der Waals surface area contributed by atoms with Gasteiger partial charge in [-0.15, -0.1) is 0 Å². The zero-order chi connectivity index (χ0) is 22.9. The molecule has 1 atom stereocenters. The van der Waals surface area contributed by atoms with Crippen molar-refractivity contribution in [3.8, 4) is 11.1 Å². The number of carbonyl (C=O) groups excluding carboxylic acids is 1. The van der Waals surface area contributed by atoms with E-state index in [0.717, 1.165) is 27.8 Å². The van der Waals surface area contributed by atoms with Gasteiger partial charge in [0.25, 0.3) is 5.91 Å². The molecule has 3 rings (SSSR count). The number of carboxylic acids is 1. The fourth-order valence-electron chi connectivity index (χ4n) is 3.36. The van der Waals surface area contributed by atoms with Gasteiger partial charge in [-0.05, 0) is 71.4 Å². The third-order valence-corrected chi connectivity index (χ3v) is 5.73. The summed E-state index contributed by atoms with van der Waals surface area (Å²) in [6.45, 7) is 1.99. The van der Waals surface area contributed by atoms with Crippen LogP contribution in [-0.2, 0) is 4.79 Å². The predicted molar refractivity (Wildman–Crippen MR) is 132 cm³/mol. The molecule has 0 spiro atoms. The lowest BCUT2D eigenvalue weighted by Gasteiger charge is -2.17. The highest BCUT2D eigenvalue weighted by Crippen LogP contribution is 2.29. The van der Waals surface area contributed by atoms with Crippen molar-refractivity contribution < 1.29 is 14.7 Å². The summed E-state index contributed by atoms with van der Waals surface area (Å²) < 4.78 is 0. The first-order chi connectivity index (χ1) is 15.5. The number of amides is 1. The third kappa shape index (κ3) is 6.08. The van der Waals surface area contributed by atoms with Gasteiger partial charge in [0.1, 0.15) is 6.04 Å². The fraction of sp³-hybridized carbons (Fsp3) is 0.192. The highest BCUT2D eigenvalue weighted by Gasteiger charge is 2.22. The maximum Gasteiger partial charge on any atom is 0.326 e. The second-order valence-electron chi connectivity index (χ2n) is 7.39. The smallest absolute Gasteiger partial charge is 0.326 e. The number of thioether (sulfide) groups is 1. The Morgan fingerprint density at radius 1 is 1.06 bits per heavy atom. The van der Waals surface area contributed by atoms with Crippen molar-refractivity contribution in [2.45, 2.75) is 19.4 Å². The van der Waals surface area contributed by atoms with Crippen LogP contribution in [0.1, 0.15) is 33.5 Å². The van der Waals surface area contributed by atoms with Crippen LogP contribution in [-0.4, -0.2) is 40.0 Å². The number of aliphatic carboxylic acids is 1. The van der Waals surface area contributed by atoms with Gasteiger partial charge in [0.15, 0.2) is 0 Å². The molecule has 0 radical (unpaired) electrons. The topological polar surface area (TPSA) is 79.3 Å². The van der Waals surface area contributed by atoms with Crippen molar-refractivity contribution in [2.24, 2.45) is 0 Å². The Labute approximate surface area is 192 Å². The molecule has 2 N–H and O–H groups in total. The van der Waals surface area contributed by atoms with E-state index in [1.54, 1.807) is 30.2 Å². The van der Waals surface area contributed by atoms with Crippen LogP contribution in [0.3, 0.4) is 0 Å². The molecule has 0 saturated carbocycles. The molecule has 0 aliphatic carbocycles. The summed E-state index contributed by atoms with van der Waals surface area (Å²) >= 11 is 1.55. The summed E-state index contributed by atoms with van der Waals surface area (Å²) in [7, 11) is 0. The van der Waals surface area contributed by atoms with Crippen molar-refractivity contribution >= 4 is 35.8 Å². The molecule has 0 aliphatic rings. The van der Waals surface area contributed by atoms with E-state index in [0.29, 0.717) is 17.7 Å². The van der Waals surface area contributed by atoms with E-state index in [9.17, 15) is 14.7 Å². The van der Waals surface area contributed by atoms with E-state index in [2.05, 4.69) is 10.3 Å². The van der Waals surface area contributed by atoms with Crippen LogP contribution in [0.5, 0.6) is 0 Å². The molecular formula is C26H26N2O3S. The van der Waals surface area contributed by atoms with Crippen LogP contribution in [0.2, 0.25) is 0 Å². The van der Waals surface area contributed by atoms with Crippen LogP contribution >= 0.6 is 11.8 Å². The minimum absolute atomic E-state index is 0.369. The number of benzene rings is 2. The molecule has 1 heterocycles. The van der Waals surface area contributed by atoms with Crippen molar-refractivity contribution in [3.63, 3.8) is 0 Å². The van der Waals surface area contributed by atoms with Crippen LogP contribution in [0, 0.1) is 6.92 Å². The molecule has 1 aromatic heterocycles. The standard InChI is InChI=1S/C26H26N2O3S/c1-18-6-3-4-8-21(18)23-16-19(9-10-20-7-5-14-27-17-20)11-12-22(23)25(29)28-24(26(30)31)13-15-32-2/h3-12,14,16-17,24H,13,15H2,1-2H3,(H,28,29)(H,30,31). The van der Waals surface area contributed by atoms with E-state index >= 15 is 0 Å². The number of nitrogens with zero attached hydrogens (tertiary/aromatic N) is 1. The lowest BCUT2D eigenvalue weighted by molar-refractivity contribution is -0.139. The largest absolute Gasteiger partial charge is 0.480 e. The average Bonchev–Trinajstić information content (AvgIpc) is 2.81. The fourth-order valence-corrected chi connectivity index (χ4v) is 3.83. The van der Waals surface area contributed by atoms with Gasteiger partial charge in [-0.1, -0.05) is 48.6 Å². The molecule has 6 heteroatoms. The van der Waals surface area contributed by atoms with E-state index < -0.39 is 12.0 Å². The summed E-state index contributed by atoms with van der Waals surface area (Å²) in [5, 5.41) is 12.2. The van der Waals surface area contributed by atoms with Gasteiger partial charge in [0, 0.05) is 18.0 Å². The second kappa shape index (κ2) is 11.3. The zero-order valence-electron chi connectivity index (χ0n) is 18.1. The highest BCUT2D eigenvalue weighted by molar-refractivity contribution is 7.98. The quantitative estimate of drug-likeness (QED) is 0.474. The molecule has 5 nitrogen and oxygen atoms in total. The molecule has 2 aromatic carbocycles. The molecular weight excluding hydrogens is 420 g/mol. The Morgan fingerprint density at radius 2 is 1.84 bits per heavy atom. The first kappa shape index (κ1) is 23.3. The number of carboxylic acid groups (broad SMARTS) is 1. The summed E-state index contributed by atoms with van der Waals surface area (Å²) in [5.74, 6) is -0.764. The van der Waals surface area contributed by atoms with Gasteiger partial charge in [0.05, 0.1) is 0 Å². The Balaban J connectivity index is 1.98. The van der Waals surface area contributed by atoms with Crippen LogP contribution in [0.15, 0.2) is 67.0 Å². The number of hydrogen-bond acceptors (Lipinski definition) is 4. The molecule has 3 aromatic rings. The molecule has 0 bridgehead atoms. The first-order valence-corrected chi connectivity index (χ1v) is 11.7. The SMILES string of the molecule is CSCCC(NC(=O)c1ccc(C=Cc2cccnc2)cc1-c1ccccc1C)C(=O)O. The maximum atomic E-state index is 13.1. The van der Waals surface area contributed by atoms with Crippen molar-refractivity contribution in [2.75, 3.05) is 12.0 Å². The van der Waals surface area contributed by atoms with E-state index in [4.69, 9.17) is 0 Å². The van der Waals surface area contributed by atoms with Gasteiger partial charge in [-0.2, -0.15) is 11.8 Å². The lowest BCUT2D eigenvalue weighted by atomic mass is 9.93. The molecule has 32 heavy (non-hydrogen) atoms. The van der Waals surface area contributed by atoms with Crippen LogP contribution in [0.25, 0.3) is 23.3 Å². The maximum absolute atomic E-state index is 13.1. The van der Waals surface area contributed by atoms with Crippen LogP contribution in [0.4, 0.5) is 0 Å². The monoisotopic (exact) mass is 446 g/mol. The highest BCUT2D eigenvalue weighted by atomic mass is 32.2. The number of hydrogen-bond donors (Lipinski definition) is 2. The average molecular weight is 447 g/mol. The molecule has 1 amide bonds. The summed E-state index contributed by atoms with van der Waals surface area (Å²) in [6.07, 6.45) is 9.72. The van der Waals surface area contributed by atoms with Gasteiger partial charge in [-0.3, -0.25) is 9.78 Å². The van der Waals surface area contributed by atoms with Crippen molar-refractivity contribution in [3.05, 3.63) is 89.2 Å². The van der Waals surface area contributed by atoms with Gasteiger partial charge in [-0.25, -0.2) is 4.79 Å². The second-order valence-corrected chi connectivity index (χ2v) is 8.37. The van der Waals surface area contributed by atoms with Gasteiger partial charge >= 0.3 is 5.97 Å². The number of carbonyl (C=O) groups is 2. The molecule has 0 fully saturated rings. The Kier molecular flexibility index (Phi) is 8.22. The normalized spacial score (nSPS) is 11.9. The Morgan fingerprint density at radius 3 is 2.53 bits per heavy atom. The number of nitrogens with one attached hydrogen (secondary N) is 1. The predicted octanol–water partition coefficient (Wildman–Crippen LogP) is 5.16. The number of aryl methyl sites for hydroxylation is 1. The minimum atomic E-state index is -1.03. The van der Waals surface area contributed by atoms with Gasteiger partial charge in [0.2, 0.25) is 0 Å². The summed E-state index contributed by atoms with van der Waals surface area (Å²) in [5.41, 5.74) is 5.10. The number of rotatable bonds is 9. The van der Waals surface area contributed by atoms with E-state index in [1.807, 2.05) is 73.9 Å². The Hall–Kier alpha value is -3.38. The number of aromatic nitrogens is 1. The molecule has 1 unspecified atom stereocenters. The van der Waals surface area contributed by atoms with Crippen molar-refractivity contribution in [1.29, 1.82) is 0 Å². The van der Waals surface area contributed by atoms with E-state index in [-0.39, 0.29) is 5.91 Å². The first-order valence-electron chi connectivity index (χ1n) is 10.3.